The molecule has 1 amide bonds. The van der Waals surface area contributed by atoms with Crippen LogP contribution in [-0.2, 0) is 6.61 Å². The lowest BCUT2D eigenvalue weighted by molar-refractivity contribution is 0.0952. The average molecular weight is 494 g/mol. The lowest BCUT2D eigenvalue weighted by Crippen LogP contribution is -2.17. The molecular formula is C21H15BrCl2N2O3. The first-order valence-corrected chi connectivity index (χ1v) is 9.96. The molecule has 0 spiro atoms. The maximum absolute atomic E-state index is 12.2. The zero-order valence-electron chi connectivity index (χ0n) is 14.9. The second-order valence-electron chi connectivity index (χ2n) is 5.96. The number of carbonyl (C=O) groups excluding carboxylic acids is 1. The van der Waals surface area contributed by atoms with Crippen LogP contribution in [-0.4, -0.2) is 17.2 Å². The van der Waals surface area contributed by atoms with Crippen molar-refractivity contribution in [2.75, 3.05) is 0 Å². The molecule has 3 rings (SSSR count). The highest BCUT2D eigenvalue weighted by Crippen LogP contribution is 2.24. The molecule has 5 nitrogen and oxygen atoms in total. The van der Waals surface area contributed by atoms with Gasteiger partial charge in [0.25, 0.3) is 5.91 Å². The normalized spacial score (nSPS) is 10.9. The van der Waals surface area contributed by atoms with Crippen LogP contribution < -0.4 is 10.2 Å². The molecule has 3 aromatic rings. The van der Waals surface area contributed by atoms with E-state index < -0.39 is 5.91 Å². The van der Waals surface area contributed by atoms with Crippen molar-refractivity contribution in [1.82, 2.24) is 5.43 Å². The largest absolute Gasteiger partial charge is 0.507 e. The van der Waals surface area contributed by atoms with Crippen LogP contribution in [0.1, 0.15) is 21.5 Å². The molecule has 0 atom stereocenters. The number of halogens is 3. The smallest absolute Gasteiger partial charge is 0.275 e. The molecule has 3 aromatic carbocycles. The van der Waals surface area contributed by atoms with Crippen molar-refractivity contribution >= 4 is 51.3 Å². The van der Waals surface area contributed by atoms with E-state index in [4.69, 9.17) is 27.9 Å². The van der Waals surface area contributed by atoms with Crippen molar-refractivity contribution in [2.45, 2.75) is 6.61 Å². The molecule has 0 heterocycles. The van der Waals surface area contributed by atoms with E-state index in [1.165, 1.54) is 18.3 Å². The Kier molecular flexibility index (Phi) is 7.14. The Morgan fingerprint density at radius 3 is 2.69 bits per heavy atom. The first kappa shape index (κ1) is 21.2. The molecule has 0 radical (unpaired) electrons. The van der Waals surface area contributed by atoms with Crippen molar-refractivity contribution in [3.05, 3.63) is 91.9 Å². The fourth-order valence-electron chi connectivity index (χ4n) is 2.45. The monoisotopic (exact) mass is 492 g/mol. The van der Waals surface area contributed by atoms with Crippen LogP contribution in [0.5, 0.6) is 11.5 Å². The van der Waals surface area contributed by atoms with Gasteiger partial charge in [-0.25, -0.2) is 5.43 Å². The second kappa shape index (κ2) is 9.78. The summed E-state index contributed by atoms with van der Waals surface area (Å²) < 4.78 is 6.51. The van der Waals surface area contributed by atoms with Crippen molar-refractivity contribution in [3.63, 3.8) is 0 Å². The number of amides is 1. The molecule has 8 heteroatoms. The van der Waals surface area contributed by atoms with E-state index in [1.54, 1.807) is 30.3 Å². The van der Waals surface area contributed by atoms with E-state index in [-0.39, 0.29) is 11.3 Å². The first-order valence-electron chi connectivity index (χ1n) is 8.41. The molecule has 0 aromatic heterocycles. The quantitative estimate of drug-likeness (QED) is 0.336. The van der Waals surface area contributed by atoms with E-state index in [2.05, 4.69) is 26.5 Å². The van der Waals surface area contributed by atoms with Crippen LogP contribution in [0.2, 0.25) is 10.0 Å². The first-order chi connectivity index (χ1) is 13.9. The second-order valence-corrected chi connectivity index (χ2v) is 7.75. The Balaban J connectivity index is 1.72. The summed E-state index contributed by atoms with van der Waals surface area (Å²) in [7, 11) is 0. The van der Waals surface area contributed by atoms with Crippen LogP contribution in [0.15, 0.2) is 70.2 Å². The van der Waals surface area contributed by atoms with Gasteiger partial charge in [-0.3, -0.25) is 4.79 Å². The molecular weight excluding hydrogens is 479 g/mol. The Morgan fingerprint density at radius 1 is 1.10 bits per heavy atom. The van der Waals surface area contributed by atoms with E-state index in [0.717, 1.165) is 5.56 Å². The number of benzene rings is 3. The molecule has 2 N–H and O–H groups in total. The van der Waals surface area contributed by atoms with Gasteiger partial charge in [0, 0.05) is 20.1 Å². The zero-order valence-corrected chi connectivity index (χ0v) is 18.0. The number of ether oxygens (including phenoxy) is 1. The number of nitrogens with zero attached hydrogens (tertiary/aromatic N) is 1. The minimum Gasteiger partial charge on any atom is -0.507 e. The molecule has 0 saturated heterocycles. The summed E-state index contributed by atoms with van der Waals surface area (Å²) in [6.45, 7) is 0.307. The van der Waals surface area contributed by atoms with Crippen molar-refractivity contribution < 1.29 is 14.6 Å². The number of carbonyl (C=O) groups is 1. The number of nitrogens with one attached hydrogen (secondary N) is 1. The summed E-state index contributed by atoms with van der Waals surface area (Å²) in [5.74, 6) is -0.157. The minimum absolute atomic E-state index is 0.0973. The van der Waals surface area contributed by atoms with Gasteiger partial charge < -0.3 is 9.84 Å². The molecule has 148 valence electrons. The molecule has 29 heavy (non-hydrogen) atoms. The number of phenolic OH excluding ortho intramolecular Hbond substituents is 1. The number of hydrogen-bond acceptors (Lipinski definition) is 4. The predicted molar refractivity (Wildman–Crippen MR) is 118 cm³/mol. The van der Waals surface area contributed by atoms with E-state index in [0.29, 0.717) is 32.4 Å². The molecule has 0 unspecified atom stereocenters. The third-order valence-corrected chi connectivity index (χ3v) is 4.79. The summed E-state index contributed by atoms with van der Waals surface area (Å²) in [5, 5.41) is 14.9. The molecule has 0 aliphatic carbocycles. The summed E-state index contributed by atoms with van der Waals surface area (Å²) in [6, 6.07) is 17.0. The van der Waals surface area contributed by atoms with Crippen molar-refractivity contribution in [3.8, 4) is 11.5 Å². The summed E-state index contributed by atoms with van der Waals surface area (Å²) in [4.78, 5) is 12.2. The minimum atomic E-state index is -0.552. The fourth-order valence-corrected chi connectivity index (χ4v) is 3.20. The number of hydrogen-bond donors (Lipinski definition) is 2. The summed E-state index contributed by atoms with van der Waals surface area (Å²) in [5.41, 5.74) is 3.97. The van der Waals surface area contributed by atoms with Gasteiger partial charge in [0.15, 0.2) is 0 Å². The van der Waals surface area contributed by atoms with Crippen molar-refractivity contribution in [1.29, 1.82) is 0 Å². The van der Waals surface area contributed by atoms with Gasteiger partial charge in [-0.15, -0.1) is 0 Å². The topological polar surface area (TPSA) is 70.9 Å². The lowest BCUT2D eigenvalue weighted by atomic mass is 10.2. The molecule has 0 aliphatic heterocycles. The maximum Gasteiger partial charge on any atom is 0.275 e. The SMILES string of the molecule is O=C(N/N=C/c1cc(Cl)ccc1OCc1cccc(Cl)c1)c1cc(Br)ccc1O. The standard InChI is InChI=1S/C21H15BrCl2N2O3/c22-15-4-6-19(27)18(10-15)21(28)26-25-11-14-9-17(24)5-7-20(14)29-12-13-2-1-3-16(23)8-13/h1-11,27H,12H2,(H,26,28)/b25-11+. The highest BCUT2D eigenvalue weighted by Gasteiger charge is 2.11. The van der Waals surface area contributed by atoms with Crippen LogP contribution in [0.25, 0.3) is 0 Å². The summed E-state index contributed by atoms with van der Waals surface area (Å²) >= 11 is 15.3. The van der Waals surface area contributed by atoms with E-state index >= 15 is 0 Å². The Bertz CT molecular complexity index is 1070. The highest BCUT2D eigenvalue weighted by molar-refractivity contribution is 9.10. The Hall–Kier alpha value is -2.54. The number of phenols is 1. The third-order valence-electron chi connectivity index (χ3n) is 3.83. The van der Waals surface area contributed by atoms with Crippen molar-refractivity contribution in [2.24, 2.45) is 5.10 Å². The summed E-state index contributed by atoms with van der Waals surface area (Å²) in [6.07, 6.45) is 1.42. The van der Waals surface area contributed by atoms with Gasteiger partial charge in [0.2, 0.25) is 0 Å². The Morgan fingerprint density at radius 2 is 1.90 bits per heavy atom. The molecule has 0 aliphatic rings. The number of rotatable bonds is 6. The van der Waals surface area contributed by atoms with E-state index in [9.17, 15) is 9.90 Å². The molecule has 0 bridgehead atoms. The average Bonchev–Trinajstić information content (AvgIpc) is 2.69. The van der Waals surface area contributed by atoms with Gasteiger partial charge in [0.1, 0.15) is 18.1 Å². The third kappa shape index (κ3) is 5.97. The maximum atomic E-state index is 12.2. The van der Waals surface area contributed by atoms with Crippen LogP contribution >= 0.6 is 39.1 Å². The highest BCUT2D eigenvalue weighted by atomic mass is 79.9. The molecule has 0 fully saturated rings. The van der Waals surface area contributed by atoms with E-state index in [1.807, 2.05) is 18.2 Å². The van der Waals surface area contributed by atoms with Gasteiger partial charge in [-0.1, -0.05) is 51.3 Å². The number of aromatic hydroxyl groups is 1. The van der Waals surface area contributed by atoms with Gasteiger partial charge in [0.05, 0.1) is 11.8 Å². The van der Waals surface area contributed by atoms with Crippen LogP contribution in [0.4, 0.5) is 0 Å². The van der Waals surface area contributed by atoms with Gasteiger partial charge in [-0.05, 0) is 54.1 Å². The van der Waals surface area contributed by atoms with Crippen LogP contribution in [0.3, 0.4) is 0 Å². The Labute approximate surface area is 186 Å². The van der Waals surface area contributed by atoms with Gasteiger partial charge >= 0.3 is 0 Å². The fraction of sp³-hybridized carbons (Fsp3) is 0.0476. The lowest BCUT2D eigenvalue weighted by Gasteiger charge is -2.10. The van der Waals surface area contributed by atoms with Crippen LogP contribution in [0, 0.1) is 0 Å². The van der Waals surface area contributed by atoms with Gasteiger partial charge in [-0.2, -0.15) is 5.10 Å². The predicted octanol–water partition coefficient (Wildman–Crippen LogP) is 5.80. The number of hydrazone groups is 1. The molecule has 0 saturated carbocycles. The zero-order chi connectivity index (χ0) is 20.8.